The first-order chi connectivity index (χ1) is 7.38. The maximum Gasteiger partial charge on any atom is 0.140 e. The molecule has 15 heavy (non-hydrogen) atoms. The highest BCUT2D eigenvalue weighted by Crippen LogP contribution is 2.25. The predicted octanol–water partition coefficient (Wildman–Crippen LogP) is 1.31. The highest BCUT2D eigenvalue weighted by atomic mass is 32.2. The van der Waals surface area contributed by atoms with E-state index in [1.807, 2.05) is 12.1 Å². The fraction of sp³-hybridized carbons (Fsp3) is 0. The van der Waals surface area contributed by atoms with Crippen LogP contribution in [0.1, 0.15) is 0 Å². The molecule has 0 radical (unpaired) electrons. The van der Waals surface area contributed by atoms with E-state index < -0.39 is 0 Å². The van der Waals surface area contributed by atoms with Gasteiger partial charge in [-0.1, -0.05) is 11.8 Å². The number of nitrogens with zero attached hydrogens (tertiary/aromatic N) is 3. The Balaban J connectivity index is 2.17. The molecular weight excluding hydrogens is 210 g/mol. The Morgan fingerprint density at radius 2 is 2.13 bits per heavy atom. The second kappa shape index (κ2) is 4.72. The summed E-state index contributed by atoms with van der Waals surface area (Å²) in [6, 6.07) is 3.74. The standard InChI is InChI=1S/C9H9N5S/c10-14-8-5-7(1-2-12-8)15-9-6-11-3-4-13-9/h1-6H,10H2,(H,12,14). The van der Waals surface area contributed by atoms with Gasteiger partial charge in [0.2, 0.25) is 0 Å². The molecule has 0 fully saturated rings. The number of hydrogen-bond acceptors (Lipinski definition) is 6. The van der Waals surface area contributed by atoms with Gasteiger partial charge in [-0.25, -0.2) is 15.8 Å². The monoisotopic (exact) mass is 219 g/mol. The zero-order chi connectivity index (χ0) is 10.5. The third kappa shape index (κ3) is 2.64. The van der Waals surface area contributed by atoms with Crippen LogP contribution in [0.5, 0.6) is 0 Å². The number of nitrogen functional groups attached to an aromatic ring is 1. The van der Waals surface area contributed by atoms with Gasteiger partial charge in [-0.15, -0.1) is 0 Å². The minimum Gasteiger partial charge on any atom is -0.308 e. The number of pyridine rings is 1. The average molecular weight is 219 g/mol. The van der Waals surface area contributed by atoms with Crippen LogP contribution in [-0.2, 0) is 0 Å². The third-order valence-corrected chi connectivity index (χ3v) is 2.55. The van der Waals surface area contributed by atoms with Crippen molar-refractivity contribution < 1.29 is 0 Å². The van der Waals surface area contributed by atoms with E-state index in [4.69, 9.17) is 5.84 Å². The topological polar surface area (TPSA) is 76.7 Å². The molecule has 0 bridgehead atoms. The van der Waals surface area contributed by atoms with Crippen LogP contribution in [0.3, 0.4) is 0 Å². The third-order valence-electron chi connectivity index (χ3n) is 1.64. The molecule has 0 aliphatic rings. The van der Waals surface area contributed by atoms with Crippen LogP contribution < -0.4 is 11.3 Å². The van der Waals surface area contributed by atoms with Gasteiger partial charge in [0, 0.05) is 23.5 Å². The van der Waals surface area contributed by atoms with Gasteiger partial charge in [0.25, 0.3) is 0 Å². The Labute approximate surface area is 91.1 Å². The fourth-order valence-corrected chi connectivity index (χ4v) is 1.78. The van der Waals surface area contributed by atoms with Crippen molar-refractivity contribution in [3.05, 3.63) is 36.9 Å². The van der Waals surface area contributed by atoms with Gasteiger partial charge in [-0.3, -0.25) is 4.98 Å². The van der Waals surface area contributed by atoms with Crippen LogP contribution in [0.25, 0.3) is 0 Å². The number of aromatic nitrogens is 3. The molecule has 2 aromatic heterocycles. The molecule has 2 rings (SSSR count). The normalized spacial score (nSPS) is 9.93. The van der Waals surface area contributed by atoms with Gasteiger partial charge in [0.15, 0.2) is 0 Å². The van der Waals surface area contributed by atoms with E-state index in [-0.39, 0.29) is 0 Å². The SMILES string of the molecule is NNc1cc(Sc2cnccn2)ccn1. The van der Waals surface area contributed by atoms with Crippen LogP contribution in [0.2, 0.25) is 0 Å². The summed E-state index contributed by atoms with van der Waals surface area (Å²) in [6.45, 7) is 0. The number of nitrogens with two attached hydrogens (primary N) is 1. The molecule has 0 aliphatic carbocycles. The van der Waals surface area contributed by atoms with Crippen molar-refractivity contribution >= 4 is 17.6 Å². The lowest BCUT2D eigenvalue weighted by molar-refractivity contribution is 1.05. The highest BCUT2D eigenvalue weighted by Gasteiger charge is 1.99. The molecule has 0 unspecified atom stereocenters. The molecule has 5 nitrogen and oxygen atoms in total. The zero-order valence-electron chi connectivity index (χ0n) is 7.79. The van der Waals surface area contributed by atoms with Crippen molar-refractivity contribution in [2.45, 2.75) is 9.92 Å². The van der Waals surface area contributed by atoms with Crippen LogP contribution in [-0.4, -0.2) is 15.0 Å². The molecule has 3 N–H and O–H groups in total. The summed E-state index contributed by atoms with van der Waals surface area (Å²) in [5, 5.41) is 0.840. The second-order valence-corrected chi connectivity index (χ2v) is 3.76. The van der Waals surface area contributed by atoms with Crippen molar-refractivity contribution in [2.75, 3.05) is 5.43 Å². The Bertz CT molecular complexity index is 434. The Morgan fingerprint density at radius 3 is 2.87 bits per heavy atom. The average Bonchev–Trinajstić information content (AvgIpc) is 2.31. The summed E-state index contributed by atoms with van der Waals surface area (Å²) in [4.78, 5) is 13.2. The van der Waals surface area contributed by atoms with E-state index in [0.717, 1.165) is 9.92 Å². The first kappa shape index (κ1) is 9.88. The van der Waals surface area contributed by atoms with E-state index >= 15 is 0 Å². The maximum atomic E-state index is 5.26. The van der Waals surface area contributed by atoms with Gasteiger partial charge in [-0.2, -0.15) is 0 Å². The van der Waals surface area contributed by atoms with Crippen LogP contribution in [0.4, 0.5) is 5.82 Å². The summed E-state index contributed by atoms with van der Waals surface area (Å²) in [7, 11) is 0. The Hall–Kier alpha value is -1.66. The number of hydrazine groups is 1. The van der Waals surface area contributed by atoms with Crippen LogP contribution in [0, 0.1) is 0 Å². The van der Waals surface area contributed by atoms with E-state index in [1.54, 1.807) is 24.8 Å². The zero-order valence-corrected chi connectivity index (χ0v) is 8.61. The largest absolute Gasteiger partial charge is 0.308 e. The minimum absolute atomic E-state index is 0.629. The first-order valence-electron chi connectivity index (χ1n) is 4.25. The van der Waals surface area contributed by atoms with E-state index in [1.165, 1.54) is 11.8 Å². The Morgan fingerprint density at radius 1 is 1.20 bits per heavy atom. The van der Waals surface area contributed by atoms with E-state index in [0.29, 0.717) is 5.82 Å². The summed E-state index contributed by atoms with van der Waals surface area (Å²) >= 11 is 1.51. The van der Waals surface area contributed by atoms with Gasteiger partial charge in [0.1, 0.15) is 10.8 Å². The lowest BCUT2D eigenvalue weighted by Gasteiger charge is -2.02. The molecule has 0 amide bonds. The van der Waals surface area contributed by atoms with E-state index in [2.05, 4.69) is 20.4 Å². The van der Waals surface area contributed by atoms with Crippen LogP contribution >= 0.6 is 11.8 Å². The molecule has 76 valence electrons. The molecule has 2 heterocycles. The molecule has 0 saturated carbocycles. The lowest BCUT2D eigenvalue weighted by atomic mass is 10.5. The van der Waals surface area contributed by atoms with Gasteiger partial charge >= 0.3 is 0 Å². The quantitative estimate of drug-likeness (QED) is 0.598. The number of nitrogens with one attached hydrogen (secondary N) is 1. The highest BCUT2D eigenvalue weighted by molar-refractivity contribution is 7.99. The van der Waals surface area contributed by atoms with Crippen LogP contribution in [0.15, 0.2) is 46.8 Å². The number of hydrogen-bond donors (Lipinski definition) is 2. The Kier molecular flexibility index (Phi) is 3.11. The first-order valence-corrected chi connectivity index (χ1v) is 5.06. The molecule has 0 atom stereocenters. The second-order valence-electron chi connectivity index (χ2n) is 2.67. The molecule has 0 saturated heterocycles. The summed E-state index contributed by atoms with van der Waals surface area (Å²) in [5.41, 5.74) is 2.49. The summed E-state index contributed by atoms with van der Waals surface area (Å²) in [6.07, 6.45) is 6.70. The molecule has 0 aromatic carbocycles. The van der Waals surface area contributed by atoms with Gasteiger partial charge < -0.3 is 5.43 Å². The number of rotatable bonds is 3. The maximum absolute atomic E-state index is 5.26. The summed E-state index contributed by atoms with van der Waals surface area (Å²) < 4.78 is 0. The van der Waals surface area contributed by atoms with Gasteiger partial charge in [0.05, 0.1) is 6.20 Å². The molecule has 0 spiro atoms. The van der Waals surface area contributed by atoms with Crippen molar-refractivity contribution in [1.82, 2.24) is 15.0 Å². The van der Waals surface area contributed by atoms with Gasteiger partial charge in [-0.05, 0) is 12.1 Å². The molecule has 2 aromatic rings. The molecular formula is C9H9N5S. The fourth-order valence-electron chi connectivity index (χ4n) is 1.01. The van der Waals surface area contributed by atoms with E-state index in [9.17, 15) is 0 Å². The van der Waals surface area contributed by atoms with Crippen molar-refractivity contribution in [3.63, 3.8) is 0 Å². The smallest absolute Gasteiger partial charge is 0.140 e. The molecule has 0 aliphatic heterocycles. The summed E-state index contributed by atoms with van der Waals surface area (Å²) in [5.74, 6) is 5.89. The van der Waals surface area contributed by atoms with Crippen molar-refractivity contribution in [2.24, 2.45) is 5.84 Å². The minimum atomic E-state index is 0.629. The predicted molar refractivity (Wildman–Crippen MR) is 58.2 cm³/mol. The van der Waals surface area contributed by atoms with Crippen molar-refractivity contribution in [3.8, 4) is 0 Å². The van der Waals surface area contributed by atoms with Crippen molar-refractivity contribution in [1.29, 1.82) is 0 Å². The lowest BCUT2D eigenvalue weighted by Crippen LogP contribution is -2.07. The number of anilines is 1. The molecule has 6 heteroatoms.